The van der Waals surface area contributed by atoms with Gasteiger partial charge in [-0.2, -0.15) is 0 Å². The van der Waals surface area contributed by atoms with Gasteiger partial charge in [0.1, 0.15) is 12.4 Å². The molecule has 1 aliphatic heterocycles. The highest BCUT2D eigenvalue weighted by molar-refractivity contribution is 7.99. The van der Waals surface area contributed by atoms with E-state index in [-0.39, 0.29) is 0 Å². The van der Waals surface area contributed by atoms with E-state index in [4.69, 9.17) is 4.74 Å². The molecule has 6 heteroatoms. The number of hydrogen-bond donors (Lipinski definition) is 1. The zero-order valence-corrected chi connectivity index (χ0v) is 17.4. The molecule has 0 aliphatic carbocycles. The van der Waals surface area contributed by atoms with Gasteiger partial charge in [0.15, 0.2) is 11.0 Å². The van der Waals surface area contributed by atoms with Crippen LogP contribution in [0, 0.1) is 0 Å². The number of rotatable bonds is 8. The first kappa shape index (κ1) is 19.3. The lowest BCUT2D eigenvalue weighted by Crippen LogP contribution is -3.13. The molecule has 3 aromatic rings. The van der Waals surface area contributed by atoms with Gasteiger partial charge in [0, 0.05) is 11.9 Å². The van der Waals surface area contributed by atoms with E-state index >= 15 is 0 Å². The molecule has 0 atom stereocenters. The number of nitrogens with zero attached hydrogens (tertiary/aromatic N) is 3. The van der Waals surface area contributed by atoms with Crippen LogP contribution >= 0.6 is 11.8 Å². The van der Waals surface area contributed by atoms with E-state index in [1.165, 1.54) is 44.3 Å². The van der Waals surface area contributed by atoms with Gasteiger partial charge in [-0.1, -0.05) is 48.2 Å². The molecule has 1 N–H and O–H groups in total. The molecule has 0 amide bonds. The Bertz CT molecular complexity index is 899. The molecule has 1 aliphatic rings. The standard InChI is InChI=1S/C22H28N4OS/c1-2-26-21(17-27-20-12-8-10-18-9-4-5-11-19(18)20)23-24-22(26)28-16-15-25-13-6-3-7-14-25/h4-5,8-12H,2-3,6-7,13-17H2,1H3/p+1. The molecule has 28 heavy (non-hydrogen) atoms. The van der Waals surface area contributed by atoms with Crippen LogP contribution in [0.2, 0.25) is 0 Å². The predicted octanol–water partition coefficient (Wildman–Crippen LogP) is 3.19. The monoisotopic (exact) mass is 397 g/mol. The molecule has 1 fully saturated rings. The third-order valence-corrected chi connectivity index (χ3v) is 6.43. The summed E-state index contributed by atoms with van der Waals surface area (Å²) in [6, 6.07) is 14.5. The third kappa shape index (κ3) is 4.50. The number of aromatic nitrogens is 3. The summed E-state index contributed by atoms with van der Waals surface area (Å²) in [7, 11) is 0. The van der Waals surface area contributed by atoms with Gasteiger partial charge in [-0.25, -0.2) is 0 Å². The van der Waals surface area contributed by atoms with E-state index < -0.39 is 0 Å². The van der Waals surface area contributed by atoms with Crippen molar-refractivity contribution in [3.63, 3.8) is 0 Å². The Morgan fingerprint density at radius 1 is 1.04 bits per heavy atom. The van der Waals surface area contributed by atoms with Gasteiger partial charge in [0.05, 0.1) is 25.4 Å². The second-order valence-corrected chi connectivity index (χ2v) is 8.38. The van der Waals surface area contributed by atoms with E-state index in [1.807, 2.05) is 30.0 Å². The summed E-state index contributed by atoms with van der Waals surface area (Å²) in [4.78, 5) is 1.74. The lowest BCUT2D eigenvalue weighted by molar-refractivity contribution is -0.902. The number of quaternary nitrogens is 1. The van der Waals surface area contributed by atoms with Crippen molar-refractivity contribution in [2.75, 3.05) is 25.4 Å². The molecule has 148 valence electrons. The number of fused-ring (bicyclic) bond motifs is 1. The van der Waals surface area contributed by atoms with Crippen molar-refractivity contribution in [1.82, 2.24) is 14.8 Å². The number of hydrogen-bond acceptors (Lipinski definition) is 4. The summed E-state index contributed by atoms with van der Waals surface area (Å²) < 4.78 is 8.31. The average molecular weight is 398 g/mol. The Morgan fingerprint density at radius 2 is 1.86 bits per heavy atom. The zero-order chi connectivity index (χ0) is 19.2. The maximum atomic E-state index is 6.12. The number of ether oxygens (including phenoxy) is 1. The van der Waals surface area contributed by atoms with Crippen molar-refractivity contribution in [1.29, 1.82) is 0 Å². The van der Waals surface area contributed by atoms with Crippen LogP contribution in [0.15, 0.2) is 47.6 Å². The van der Waals surface area contributed by atoms with Gasteiger partial charge in [-0.05, 0) is 37.6 Å². The SMILES string of the molecule is CCn1c(COc2cccc3ccccc23)nnc1SCC[NH+]1CCCCC1. The van der Waals surface area contributed by atoms with Crippen LogP contribution in [-0.2, 0) is 13.2 Å². The zero-order valence-electron chi connectivity index (χ0n) is 16.6. The summed E-state index contributed by atoms with van der Waals surface area (Å²) >= 11 is 1.82. The molecule has 2 aromatic carbocycles. The lowest BCUT2D eigenvalue weighted by atomic mass is 10.1. The number of nitrogens with one attached hydrogen (secondary N) is 1. The summed E-state index contributed by atoms with van der Waals surface area (Å²) in [5, 5.41) is 12.2. The Morgan fingerprint density at radius 3 is 2.71 bits per heavy atom. The van der Waals surface area contributed by atoms with Crippen LogP contribution in [0.3, 0.4) is 0 Å². The molecule has 1 aromatic heterocycles. The molecule has 0 unspecified atom stereocenters. The maximum Gasteiger partial charge on any atom is 0.191 e. The Labute approximate surface area is 171 Å². The van der Waals surface area contributed by atoms with Crippen LogP contribution in [-0.4, -0.2) is 40.2 Å². The molecule has 5 nitrogen and oxygen atoms in total. The normalized spacial score (nSPS) is 15.2. The van der Waals surface area contributed by atoms with Crippen LogP contribution in [0.25, 0.3) is 10.8 Å². The van der Waals surface area contributed by atoms with Gasteiger partial charge >= 0.3 is 0 Å². The highest BCUT2D eigenvalue weighted by Gasteiger charge is 2.16. The van der Waals surface area contributed by atoms with Gasteiger partial charge in [-0.15, -0.1) is 10.2 Å². The number of likely N-dealkylation sites (tertiary alicyclic amines) is 1. The van der Waals surface area contributed by atoms with E-state index in [0.29, 0.717) is 6.61 Å². The predicted molar refractivity (Wildman–Crippen MR) is 114 cm³/mol. The minimum atomic E-state index is 0.437. The second kappa shape index (κ2) is 9.43. The minimum Gasteiger partial charge on any atom is -0.485 e. The quantitative estimate of drug-likeness (QED) is 0.593. The van der Waals surface area contributed by atoms with Gasteiger partial charge in [0.25, 0.3) is 0 Å². The molecule has 0 saturated carbocycles. The Kier molecular flexibility index (Phi) is 6.49. The van der Waals surface area contributed by atoms with Crippen molar-refractivity contribution in [2.24, 2.45) is 0 Å². The van der Waals surface area contributed by atoms with Crippen molar-refractivity contribution in [2.45, 2.75) is 44.5 Å². The molecule has 0 spiro atoms. The van der Waals surface area contributed by atoms with Crippen molar-refractivity contribution in [3.05, 3.63) is 48.3 Å². The van der Waals surface area contributed by atoms with Crippen LogP contribution in [0.1, 0.15) is 32.0 Å². The molecular formula is C22H29N4OS+. The average Bonchev–Trinajstić information content (AvgIpc) is 3.14. The first-order valence-corrected chi connectivity index (χ1v) is 11.3. The fourth-order valence-electron chi connectivity index (χ4n) is 3.90. The molecule has 4 rings (SSSR count). The fourth-order valence-corrected chi connectivity index (χ4v) is 4.96. The molecule has 0 radical (unpaired) electrons. The maximum absolute atomic E-state index is 6.12. The highest BCUT2D eigenvalue weighted by atomic mass is 32.2. The van der Waals surface area contributed by atoms with E-state index in [2.05, 4.69) is 46.0 Å². The summed E-state index contributed by atoms with van der Waals surface area (Å²) in [6.07, 6.45) is 4.16. The lowest BCUT2D eigenvalue weighted by Gasteiger charge is -2.23. The number of benzene rings is 2. The molecular weight excluding hydrogens is 368 g/mol. The van der Waals surface area contributed by atoms with Crippen LogP contribution in [0.4, 0.5) is 0 Å². The summed E-state index contributed by atoms with van der Waals surface area (Å²) in [5.74, 6) is 2.88. The highest BCUT2D eigenvalue weighted by Crippen LogP contribution is 2.26. The van der Waals surface area contributed by atoms with Crippen LogP contribution < -0.4 is 9.64 Å². The van der Waals surface area contributed by atoms with Crippen LogP contribution in [0.5, 0.6) is 5.75 Å². The van der Waals surface area contributed by atoms with Gasteiger partial charge in [0.2, 0.25) is 0 Å². The van der Waals surface area contributed by atoms with Crippen molar-refractivity contribution in [3.8, 4) is 5.75 Å². The minimum absolute atomic E-state index is 0.437. The van der Waals surface area contributed by atoms with Gasteiger partial charge in [-0.3, -0.25) is 0 Å². The van der Waals surface area contributed by atoms with Crippen molar-refractivity contribution < 1.29 is 9.64 Å². The molecule has 0 bridgehead atoms. The smallest absolute Gasteiger partial charge is 0.191 e. The van der Waals surface area contributed by atoms with Crippen molar-refractivity contribution >= 4 is 22.5 Å². The van der Waals surface area contributed by atoms with Gasteiger partial charge < -0.3 is 14.2 Å². The summed E-state index contributed by atoms with van der Waals surface area (Å²) in [6.45, 7) is 7.30. The molecule has 1 saturated heterocycles. The second-order valence-electron chi connectivity index (χ2n) is 7.32. The topological polar surface area (TPSA) is 44.4 Å². The number of thioether (sulfide) groups is 1. The number of piperidine rings is 1. The van der Waals surface area contributed by atoms with E-state index in [9.17, 15) is 0 Å². The first-order valence-electron chi connectivity index (χ1n) is 10.3. The van der Waals surface area contributed by atoms with E-state index in [1.54, 1.807) is 4.90 Å². The third-order valence-electron chi connectivity index (χ3n) is 5.46. The van der Waals surface area contributed by atoms with E-state index in [0.717, 1.165) is 34.4 Å². The first-order chi connectivity index (χ1) is 13.8. The Balaban J connectivity index is 1.38. The fraction of sp³-hybridized carbons (Fsp3) is 0.455. The summed E-state index contributed by atoms with van der Waals surface area (Å²) in [5.41, 5.74) is 0. The Hall–Kier alpha value is -2.05. The largest absolute Gasteiger partial charge is 0.485 e. The molecule has 2 heterocycles.